The fraction of sp³-hybridized carbons (Fsp3) is 0.240. The van der Waals surface area contributed by atoms with E-state index >= 15 is 0 Å². The third-order valence-electron chi connectivity index (χ3n) is 4.95. The van der Waals surface area contributed by atoms with Gasteiger partial charge in [0.05, 0.1) is 7.11 Å². The summed E-state index contributed by atoms with van der Waals surface area (Å²) in [7, 11) is 1.59. The molecule has 3 aromatic rings. The van der Waals surface area contributed by atoms with E-state index in [1.165, 1.54) is 5.56 Å². The summed E-state index contributed by atoms with van der Waals surface area (Å²) >= 11 is 3.61. The van der Waals surface area contributed by atoms with Crippen LogP contribution >= 0.6 is 15.9 Å². The average Bonchev–Trinajstić information content (AvgIpc) is 2.79. The van der Waals surface area contributed by atoms with Crippen LogP contribution in [0.2, 0.25) is 0 Å². The number of ether oxygens (including phenoxy) is 2. The molecule has 0 saturated heterocycles. The molecule has 3 rings (SSSR count). The lowest BCUT2D eigenvalue weighted by Crippen LogP contribution is -2.22. The highest BCUT2D eigenvalue weighted by atomic mass is 79.9. The van der Waals surface area contributed by atoms with E-state index in [-0.39, 0.29) is 18.6 Å². The number of carbonyl (C=O) groups excluding carboxylic acids is 1. The number of nitrogens with one attached hydrogen (secondary N) is 2. The van der Waals surface area contributed by atoms with Gasteiger partial charge in [-0.3, -0.25) is 4.79 Å². The number of aryl methyl sites for hydroxylation is 1. The van der Waals surface area contributed by atoms with E-state index in [0.717, 1.165) is 21.3 Å². The number of halogens is 1. The van der Waals surface area contributed by atoms with Gasteiger partial charge in [0.1, 0.15) is 0 Å². The third-order valence-corrected chi connectivity index (χ3v) is 5.70. The van der Waals surface area contributed by atoms with Crippen LogP contribution in [0.5, 0.6) is 11.5 Å². The zero-order chi connectivity index (χ0) is 22.2. The molecule has 0 radical (unpaired) electrons. The summed E-state index contributed by atoms with van der Waals surface area (Å²) < 4.78 is 12.3. The maximum absolute atomic E-state index is 12.4. The lowest BCUT2D eigenvalue weighted by atomic mass is 10.1. The quantitative estimate of drug-likeness (QED) is 0.414. The predicted molar refractivity (Wildman–Crippen MR) is 128 cm³/mol. The first kappa shape index (κ1) is 22.8. The number of hydrogen-bond donors (Lipinski definition) is 2. The summed E-state index contributed by atoms with van der Waals surface area (Å²) in [5.41, 5.74) is 3.96. The van der Waals surface area contributed by atoms with Gasteiger partial charge in [0.15, 0.2) is 18.1 Å². The molecule has 0 aliphatic rings. The summed E-state index contributed by atoms with van der Waals surface area (Å²) in [5, 5.41) is 6.36. The minimum absolute atomic E-state index is 0.123. The minimum Gasteiger partial charge on any atom is -0.493 e. The van der Waals surface area contributed by atoms with Crippen molar-refractivity contribution in [2.45, 2.75) is 26.4 Å². The molecule has 0 bridgehead atoms. The summed E-state index contributed by atoms with van der Waals surface area (Å²) in [4.78, 5) is 12.4. The zero-order valence-corrected chi connectivity index (χ0v) is 19.5. The van der Waals surface area contributed by atoms with Gasteiger partial charge in [0.25, 0.3) is 5.91 Å². The molecule has 6 heteroatoms. The van der Waals surface area contributed by atoms with Gasteiger partial charge in [-0.1, -0.05) is 64.0 Å². The predicted octanol–water partition coefficient (Wildman–Crippen LogP) is 5.63. The van der Waals surface area contributed by atoms with Gasteiger partial charge in [-0.15, -0.1) is 0 Å². The number of benzene rings is 3. The largest absolute Gasteiger partial charge is 0.493 e. The Kier molecular flexibility index (Phi) is 8.09. The van der Waals surface area contributed by atoms with Crippen molar-refractivity contribution < 1.29 is 14.3 Å². The summed E-state index contributed by atoms with van der Waals surface area (Å²) in [5.74, 6) is 0.890. The van der Waals surface area contributed by atoms with E-state index < -0.39 is 0 Å². The highest BCUT2D eigenvalue weighted by molar-refractivity contribution is 9.10. The molecule has 1 amide bonds. The number of anilines is 1. The number of hydrogen-bond acceptors (Lipinski definition) is 4. The maximum Gasteiger partial charge on any atom is 0.262 e. The molecule has 0 fully saturated rings. The molecule has 0 saturated carbocycles. The van der Waals surface area contributed by atoms with Crippen molar-refractivity contribution in [2.24, 2.45) is 0 Å². The molecular formula is C25H27BrN2O3. The van der Waals surface area contributed by atoms with Crippen LogP contribution < -0.4 is 20.1 Å². The second-order valence-corrected chi connectivity index (χ2v) is 8.13. The molecular weight excluding hydrogens is 456 g/mol. The van der Waals surface area contributed by atoms with Gasteiger partial charge in [0, 0.05) is 28.3 Å². The average molecular weight is 483 g/mol. The van der Waals surface area contributed by atoms with Crippen molar-refractivity contribution in [3.8, 4) is 11.5 Å². The van der Waals surface area contributed by atoms with Crippen LogP contribution in [0.25, 0.3) is 0 Å². The van der Waals surface area contributed by atoms with E-state index in [1.54, 1.807) is 7.11 Å². The van der Waals surface area contributed by atoms with Gasteiger partial charge in [-0.25, -0.2) is 0 Å². The molecule has 0 aliphatic heterocycles. The molecule has 0 aliphatic carbocycles. The van der Waals surface area contributed by atoms with Crippen molar-refractivity contribution in [3.63, 3.8) is 0 Å². The van der Waals surface area contributed by atoms with Crippen LogP contribution in [0.4, 0.5) is 5.69 Å². The van der Waals surface area contributed by atoms with E-state index in [0.29, 0.717) is 18.0 Å². The molecule has 1 atom stereocenters. The molecule has 2 N–H and O–H groups in total. The van der Waals surface area contributed by atoms with E-state index in [1.807, 2.05) is 61.5 Å². The summed E-state index contributed by atoms with van der Waals surface area (Å²) in [6.07, 6.45) is 0. The van der Waals surface area contributed by atoms with Gasteiger partial charge in [0.2, 0.25) is 0 Å². The lowest BCUT2D eigenvalue weighted by molar-refractivity contribution is -0.118. The third kappa shape index (κ3) is 6.32. The molecule has 1 unspecified atom stereocenters. The fourth-order valence-electron chi connectivity index (χ4n) is 3.15. The molecule has 162 valence electrons. The van der Waals surface area contributed by atoms with Crippen molar-refractivity contribution in [3.05, 3.63) is 87.9 Å². The van der Waals surface area contributed by atoms with Crippen LogP contribution in [0.15, 0.2) is 71.2 Å². The summed E-state index contributed by atoms with van der Waals surface area (Å²) in [6.45, 7) is 4.53. The van der Waals surface area contributed by atoms with Gasteiger partial charge >= 0.3 is 0 Å². The first-order valence-electron chi connectivity index (χ1n) is 10.1. The molecule has 0 spiro atoms. The highest BCUT2D eigenvalue weighted by Gasteiger charge is 2.17. The zero-order valence-electron chi connectivity index (χ0n) is 17.9. The van der Waals surface area contributed by atoms with Crippen LogP contribution in [0, 0.1) is 6.92 Å². The highest BCUT2D eigenvalue weighted by Crippen LogP contribution is 2.36. The van der Waals surface area contributed by atoms with Crippen LogP contribution in [0.3, 0.4) is 0 Å². The van der Waals surface area contributed by atoms with Crippen LogP contribution in [-0.4, -0.2) is 19.6 Å². The number of amides is 1. The van der Waals surface area contributed by atoms with Crippen molar-refractivity contribution in [1.29, 1.82) is 0 Å². The molecule has 5 nitrogen and oxygen atoms in total. The smallest absolute Gasteiger partial charge is 0.262 e. The standard InChI is InChI=1S/C25H27BrN2O3/c1-17-9-11-20(12-10-17)28-24(29)16-31-25-21(22(26)13-14-23(25)30-3)15-27-18(2)19-7-5-4-6-8-19/h4-14,18,27H,15-16H2,1-3H3,(H,28,29). The van der Waals surface area contributed by atoms with Gasteiger partial charge in [-0.05, 0) is 43.7 Å². The lowest BCUT2D eigenvalue weighted by Gasteiger charge is -2.19. The van der Waals surface area contributed by atoms with E-state index in [4.69, 9.17) is 9.47 Å². The second-order valence-electron chi connectivity index (χ2n) is 7.27. The van der Waals surface area contributed by atoms with Crippen LogP contribution in [0.1, 0.15) is 29.7 Å². The SMILES string of the molecule is COc1ccc(Br)c(CNC(C)c2ccccc2)c1OCC(=O)Nc1ccc(C)cc1. The van der Waals surface area contributed by atoms with Crippen molar-refractivity contribution in [2.75, 3.05) is 19.0 Å². The minimum atomic E-state index is -0.234. The van der Waals surface area contributed by atoms with E-state index in [9.17, 15) is 4.79 Å². The topological polar surface area (TPSA) is 59.6 Å². The Morgan fingerprint density at radius 1 is 1.03 bits per heavy atom. The second kappa shape index (κ2) is 11.0. The van der Waals surface area contributed by atoms with Gasteiger partial charge < -0.3 is 20.1 Å². The number of carbonyl (C=O) groups is 1. The molecule has 31 heavy (non-hydrogen) atoms. The summed E-state index contributed by atoms with van der Waals surface area (Å²) in [6, 6.07) is 21.8. The Labute approximate surface area is 191 Å². The molecule has 3 aromatic carbocycles. The first-order valence-corrected chi connectivity index (χ1v) is 10.9. The van der Waals surface area contributed by atoms with Crippen LogP contribution in [-0.2, 0) is 11.3 Å². The monoisotopic (exact) mass is 482 g/mol. The Morgan fingerprint density at radius 3 is 2.42 bits per heavy atom. The maximum atomic E-state index is 12.4. The van der Waals surface area contributed by atoms with Crippen molar-refractivity contribution in [1.82, 2.24) is 5.32 Å². The van der Waals surface area contributed by atoms with Crippen molar-refractivity contribution >= 4 is 27.5 Å². The Hall–Kier alpha value is -2.83. The number of rotatable bonds is 9. The van der Waals surface area contributed by atoms with Gasteiger partial charge in [-0.2, -0.15) is 0 Å². The van der Waals surface area contributed by atoms with E-state index in [2.05, 4.69) is 45.6 Å². The Balaban J connectivity index is 1.70. The number of methoxy groups -OCH3 is 1. The molecule has 0 aromatic heterocycles. The Bertz CT molecular complexity index is 1010. The Morgan fingerprint density at radius 2 is 1.74 bits per heavy atom. The molecule has 0 heterocycles. The normalized spacial score (nSPS) is 11.6. The first-order chi connectivity index (χ1) is 15.0. The fourth-order valence-corrected chi connectivity index (χ4v) is 3.60.